The second-order valence-electron chi connectivity index (χ2n) is 5.46. The van der Waals surface area contributed by atoms with Crippen LogP contribution in [-0.2, 0) is 6.54 Å². The summed E-state index contributed by atoms with van der Waals surface area (Å²) in [4.78, 5) is 5.24. The predicted octanol–water partition coefficient (Wildman–Crippen LogP) is 1.47. The highest BCUT2D eigenvalue weighted by Crippen LogP contribution is 2.21. The number of rotatable bonds is 4. The number of nitrogens with two attached hydrogens (primary N) is 1. The van der Waals surface area contributed by atoms with Crippen LogP contribution in [0.3, 0.4) is 0 Å². The van der Waals surface area contributed by atoms with Crippen molar-refractivity contribution < 1.29 is 4.74 Å². The molecule has 0 radical (unpaired) electrons. The SMILES string of the molecule is COc1cc(CN2CCN(C)C(C)C2)ccc1C(N)=S. The second kappa shape index (κ2) is 6.52. The molecule has 0 aromatic heterocycles. The number of hydrogen-bond acceptors (Lipinski definition) is 4. The molecule has 1 saturated heterocycles. The first-order chi connectivity index (χ1) is 9.51. The molecule has 2 N–H and O–H groups in total. The van der Waals surface area contributed by atoms with E-state index in [1.54, 1.807) is 7.11 Å². The largest absolute Gasteiger partial charge is 0.496 e. The van der Waals surface area contributed by atoms with Crippen molar-refractivity contribution in [2.45, 2.75) is 19.5 Å². The Morgan fingerprint density at radius 1 is 1.45 bits per heavy atom. The molecule has 5 heteroatoms. The summed E-state index contributed by atoms with van der Waals surface area (Å²) in [6, 6.07) is 6.68. The first-order valence-corrected chi connectivity index (χ1v) is 7.31. The first kappa shape index (κ1) is 15.2. The normalized spacial score (nSPS) is 20.9. The second-order valence-corrected chi connectivity index (χ2v) is 5.90. The molecule has 1 fully saturated rings. The van der Waals surface area contributed by atoms with Crippen molar-refractivity contribution in [3.05, 3.63) is 29.3 Å². The van der Waals surface area contributed by atoms with Crippen LogP contribution in [0.5, 0.6) is 5.75 Å². The van der Waals surface area contributed by atoms with Crippen molar-refractivity contribution in [2.75, 3.05) is 33.8 Å². The summed E-state index contributed by atoms with van der Waals surface area (Å²) in [6.07, 6.45) is 0. The number of likely N-dealkylation sites (N-methyl/N-ethyl adjacent to an activating group) is 1. The van der Waals surface area contributed by atoms with Gasteiger partial charge < -0.3 is 15.4 Å². The summed E-state index contributed by atoms with van der Waals surface area (Å²) in [5.74, 6) is 0.761. The third kappa shape index (κ3) is 3.48. The van der Waals surface area contributed by atoms with E-state index in [4.69, 9.17) is 22.7 Å². The highest BCUT2D eigenvalue weighted by atomic mass is 32.1. The average molecular weight is 293 g/mol. The summed E-state index contributed by atoms with van der Waals surface area (Å²) in [6.45, 7) is 6.51. The van der Waals surface area contributed by atoms with Crippen molar-refractivity contribution in [3.63, 3.8) is 0 Å². The molecule has 0 aliphatic carbocycles. The minimum atomic E-state index is 0.376. The van der Waals surface area contributed by atoms with E-state index in [0.29, 0.717) is 11.0 Å². The molecule has 1 atom stereocenters. The van der Waals surface area contributed by atoms with Crippen molar-refractivity contribution in [1.29, 1.82) is 0 Å². The molecule has 20 heavy (non-hydrogen) atoms. The maximum absolute atomic E-state index is 5.69. The standard InChI is InChI=1S/C15H23N3OS/c1-11-9-18(7-6-17(11)2)10-12-4-5-13(15(16)20)14(8-12)19-3/h4-5,8,11H,6-7,9-10H2,1-3H3,(H2,16,20). The monoisotopic (exact) mass is 293 g/mol. The maximum atomic E-state index is 5.69. The van der Waals surface area contributed by atoms with Crippen LogP contribution in [0.4, 0.5) is 0 Å². The van der Waals surface area contributed by atoms with E-state index < -0.39 is 0 Å². The summed E-state index contributed by atoms with van der Waals surface area (Å²) >= 11 is 5.03. The molecular formula is C15H23N3OS. The summed E-state index contributed by atoms with van der Waals surface area (Å²) in [5.41, 5.74) is 7.73. The van der Waals surface area contributed by atoms with E-state index in [0.717, 1.165) is 37.5 Å². The van der Waals surface area contributed by atoms with Crippen molar-refractivity contribution in [2.24, 2.45) is 5.73 Å². The van der Waals surface area contributed by atoms with Crippen LogP contribution in [-0.4, -0.2) is 54.6 Å². The van der Waals surface area contributed by atoms with Gasteiger partial charge in [0.25, 0.3) is 0 Å². The number of methoxy groups -OCH3 is 1. The molecule has 0 bridgehead atoms. The number of ether oxygens (including phenoxy) is 1. The van der Waals surface area contributed by atoms with E-state index in [9.17, 15) is 0 Å². The van der Waals surface area contributed by atoms with Gasteiger partial charge in [-0.15, -0.1) is 0 Å². The van der Waals surface area contributed by atoms with E-state index in [2.05, 4.69) is 29.8 Å². The molecule has 1 aromatic carbocycles. The zero-order valence-electron chi connectivity index (χ0n) is 12.4. The van der Waals surface area contributed by atoms with Crippen molar-refractivity contribution in [3.8, 4) is 5.75 Å². The molecular weight excluding hydrogens is 270 g/mol. The summed E-state index contributed by atoms with van der Waals surface area (Å²) < 4.78 is 5.38. The molecule has 1 aliphatic rings. The lowest BCUT2D eigenvalue weighted by atomic mass is 10.1. The Kier molecular flexibility index (Phi) is 4.96. The fraction of sp³-hybridized carbons (Fsp3) is 0.533. The third-order valence-corrected chi connectivity index (χ3v) is 4.20. The minimum absolute atomic E-state index is 0.376. The van der Waals surface area contributed by atoms with Crippen LogP contribution in [0, 0.1) is 0 Å². The predicted molar refractivity (Wildman–Crippen MR) is 86.3 cm³/mol. The van der Waals surface area contributed by atoms with Gasteiger partial charge in [0.15, 0.2) is 0 Å². The zero-order valence-corrected chi connectivity index (χ0v) is 13.2. The fourth-order valence-corrected chi connectivity index (χ4v) is 2.73. The van der Waals surface area contributed by atoms with Gasteiger partial charge in [-0.2, -0.15) is 0 Å². The van der Waals surface area contributed by atoms with Crippen LogP contribution < -0.4 is 10.5 Å². The molecule has 1 aromatic rings. The van der Waals surface area contributed by atoms with Crippen LogP contribution in [0.25, 0.3) is 0 Å². The highest BCUT2D eigenvalue weighted by molar-refractivity contribution is 7.80. The Labute approximate surface area is 126 Å². The molecule has 1 unspecified atom stereocenters. The van der Waals surface area contributed by atoms with Gasteiger partial charge in [0.2, 0.25) is 0 Å². The van der Waals surface area contributed by atoms with Gasteiger partial charge in [0.05, 0.1) is 12.7 Å². The molecule has 1 heterocycles. The number of piperazine rings is 1. The van der Waals surface area contributed by atoms with Crippen molar-refractivity contribution >= 4 is 17.2 Å². The van der Waals surface area contributed by atoms with Gasteiger partial charge >= 0.3 is 0 Å². The Morgan fingerprint density at radius 3 is 2.80 bits per heavy atom. The number of hydrogen-bond donors (Lipinski definition) is 1. The van der Waals surface area contributed by atoms with Gasteiger partial charge in [0, 0.05) is 32.2 Å². The quantitative estimate of drug-likeness (QED) is 0.851. The highest BCUT2D eigenvalue weighted by Gasteiger charge is 2.20. The molecule has 110 valence electrons. The van der Waals surface area contributed by atoms with E-state index in [1.165, 1.54) is 5.56 Å². The lowest BCUT2D eigenvalue weighted by Gasteiger charge is -2.37. The topological polar surface area (TPSA) is 41.7 Å². The van der Waals surface area contributed by atoms with Crippen molar-refractivity contribution in [1.82, 2.24) is 9.80 Å². The zero-order chi connectivity index (χ0) is 14.7. The van der Waals surface area contributed by atoms with Gasteiger partial charge in [0.1, 0.15) is 10.7 Å². The van der Waals surface area contributed by atoms with E-state index in [1.807, 2.05) is 12.1 Å². The van der Waals surface area contributed by atoms with E-state index >= 15 is 0 Å². The molecule has 0 spiro atoms. The van der Waals surface area contributed by atoms with Crippen LogP contribution in [0.15, 0.2) is 18.2 Å². The van der Waals surface area contributed by atoms with E-state index in [-0.39, 0.29) is 0 Å². The average Bonchev–Trinajstić information content (AvgIpc) is 2.42. The Bertz CT molecular complexity index is 492. The van der Waals surface area contributed by atoms with Crippen LogP contribution >= 0.6 is 12.2 Å². The lowest BCUT2D eigenvalue weighted by Crippen LogP contribution is -2.49. The van der Waals surface area contributed by atoms with Gasteiger partial charge in [-0.25, -0.2) is 0 Å². The van der Waals surface area contributed by atoms with Gasteiger partial charge in [-0.1, -0.05) is 18.3 Å². The molecule has 4 nitrogen and oxygen atoms in total. The minimum Gasteiger partial charge on any atom is -0.496 e. The molecule has 2 rings (SSSR count). The smallest absolute Gasteiger partial charge is 0.129 e. The maximum Gasteiger partial charge on any atom is 0.129 e. The number of benzene rings is 1. The molecule has 1 aliphatic heterocycles. The molecule has 0 amide bonds. The Balaban J connectivity index is 2.08. The third-order valence-electron chi connectivity index (χ3n) is 3.98. The number of thiocarbonyl (C=S) groups is 1. The first-order valence-electron chi connectivity index (χ1n) is 6.90. The Hall–Kier alpha value is -1.17. The Morgan fingerprint density at radius 2 is 2.20 bits per heavy atom. The molecule has 0 saturated carbocycles. The van der Waals surface area contributed by atoms with Crippen LogP contribution in [0.2, 0.25) is 0 Å². The number of nitrogens with zero attached hydrogens (tertiary/aromatic N) is 2. The van der Waals surface area contributed by atoms with Gasteiger partial charge in [-0.3, -0.25) is 4.90 Å². The summed E-state index contributed by atoms with van der Waals surface area (Å²) in [5, 5.41) is 0. The van der Waals surface area contributed by atoms with Crippen LogP contribution in [0.1, 0.15) is 18.1 Å². The fourth-order valence-electron chi connectivity index (χ4n) is 2.56. The summed E-state index contributed by atoms with van der Waals surface area (Å²) in [7, 11) is 3.83. The lowest BCUT2D eigenvalue weighted by molar-refractivity contribution is 0.0999. The van der Waals surface area contributed by atoms with Gasteiger partial charge in [-0.05, 0) is 31.7 Å².